The van der Waals surface area contributed by atoms with E-state index in [1.54, 1.807) is 37.4 Å². The Bertz CT molecular complexity index is 741. The Morgan fingerprint density at radius 2 is 1.88 bits per heavy atom. The van der Waals surface area contributed by atoms with Crippen molar-refractivity contribution >= 4 is 5.91 Å². The van der Waals surface area contributed by atoms with Crippen molar-refractivity contribution in [2.24, 2.45) is 0 Å². The Labute approximate surface area is 147 Å². The number of halogens is 1. The number of carbonyl (C=O) groups is 1. The molecule has 2 aromatic rings. The van der Waals surface area contributed by atoms with E-state index in [-0.39, 0.29) is 17.8 Å². The molecule has 1 fully saturated rings. The van der Waals surface area contributed by atoms with Crippen LogP contribution in [-0.4, -0.2) is 30.6 Å². The molecule has 0 saturated heterocycles. The summed E-state index contributed by atoms with van der Waals surface area (Å²) in [4.78, 5) is 14.9. The molecule has 25 heavy (non-hydrogen) atoms. The Kier molecular flexibility index (Phi) is 5.22. The third kappa shape index (κ3) is 4.10. The molecule has 1 saturated carbocycles. The minimum atomic E-state index is -0.274. The highest BCUT2D eigenvalue weighted by Crippen LogP contribution is 2.32. The first kappa shape index (κ1) is 17.3. The molecule has 0 radical (unpaired) electrons. The second-order valence-corrected chi connectivity index (χ2v) is 6.09. The average Bonchev–Trinajstić information content (AvgIpc) is 3.46. The molecule has 0 aromatic heterocycles. The van der Waals surface area contributed by atoms with Crippen LogP contribution in [0.1, 0.15) is 35.7 Å². The van der Waals surface area contributed by atoms with Gasteiger partial charge in [-0.15, -0.1) is 0 Å². The van der Waals surface area contributed by atoms with E-state index in [9.17, 15) is 9.18 Å². The quantitative estimate of drug-likeness (QED) is 0.762. The minimum absolute atomic E-state index is 0.0459. The monoisotopic (exact) mass is 343 g/mol. The molecule has 0 spiro atoms. The van der Waals surface area contributed by atoms with Gasteiger partial charge in [-0.05, 0) is 55.7 Å². The van der Waals surface area contributed by atoms with Crippen molar-refractivity contribution in [1.29, 1.82) is 0 Å². The van der Waals surface area contributed by atoms with E-state index in [1.807, 2.05) is 11.8 Å². The lowest BCUT2D eigenvalue weighted by Crippen LogP contribution is -2.32. The predicted octanol–water partition coefficient (Wildman–Crippen LogP) is 4.04. The van der Waals surface area contributed by atoms with Crippen molar-refractivity contribution in [2.75, 3.05) is 13.7 Å². The van der Waals surface area contributed by atoms with Gasteiger partial charge in [0.15, 0.2) is 11.5 Å². The molecule has 2 aromatic carbocycles. The zero-order chi connectivity index (χ0) is 17.8. The van der Waals surface area contributed by atoms with Crippen LogP contribution in [0.25, 0.3) is 0 Å². The minimum Gasteiger partial charge on any atom is -0.493 e. The summed E-state index contributed by atoms with van der Waals surface area (Å²) in [6.07, 6.45) is 2.00. The zero-order valence-electron chi connectivity index (χ0n) is 14.5. The molecule has 0 atom stereocenters. The Morgan fingerprint density at radius 3 is 2.48 bits per heavy atom. The summed E-state index contributed by atoms with van der Waals surface area (Å²) >= 11 is 0. The van der Waals surface area contributed by atoms with Gasteiger partial charge in [-0.2, -0.15) is 0 Å². The van der Waals surface area contributed by atoms with E-state index >= 15 is 0 Å². The van der Waals surface area contributed by atoms with Crippen LogP contribution in [0, 0.1) is 5.82 Å². The van der Waals surface area contributed by atoms with Gasteiger partial charge >= 0.3 is 0 Å². The SMILES string of the molecule is CCOc1cc(C(=O)N(Cc2ccc(F)cc2)C2CC2)ccc1OC. The van der Waals surface area contributed by atoms with Crippen LogP contribution in [-0.2, 0) is 6.54 Å². The average molecular weight is 343 g/mol. The van der Waals surface area contributed by atoms with E-state index in [2.05, 4.69) is 0 Å². The van der Waals surface area contributed by atoms with Gasteiger partial charge in [0.2, 0.25) is 0 Å². The van der Waals surface area contributed by atoms with Crippen LogP contribution >= 0.6 is 0 Å². The summed E-state index contributed by atoms with van der Waals surface area (Å²) in [6, 6.07) is 11.8. The van der Waals surface area contributed by atoms with Crippen molar-refractivity contribution in [2.45, 2.75) is 32.4 Å². The topological polar surface area (TPSA) is 38.8 Å². The van der Waals surface area contributed by atoms with Crippen molar-refractivity contribution in [1.82, 2.24) is 4.90 Å². The Balaban J connectivity index is 1.83. The summed E-state index contributed by atoms with van der Waals surface area (Å²) in [5.41, 5.74) is 1.48. The highest BCUT2D eigenvalue weighted by atomic mass is 19.1. The molecule has 0 bridgehead atoms. The maximum absolute atomic E-state index is 13.1. The highest BCUT2D eigenvalue weighted by Gasteiger charge is 2.33. The van der Waals surface area contributed by atoms with E-state index < -0.39 is 0 Å². The molecular weight excluding hydrogens is 321 g/mol. The first-order chi connectivity index (χ1) is 12.1. The first-order valence-corrected chi connectivity index (χ1v) is 8.48. The van der Waals surface area contributed by atoms with Gasteiger partial charge in [0.25, 0.3) is 5.91 Å². The number of amides is 1. The first-order valence-electron chi connectivity index (χ1n) is 8.48. The largest absolute Gasteiger partial charge is 0.493 e. The second kappa shape index (κ2) is 7.55. The van der Waals surface area contributed by atoms with Crippen molar-refractivity contribution in [3.8, 4) is 11.5 Å². The number of benzene rings is 2. The van der Waals surface area contributed by atoms with E-state index in [1.165, 1.54) is 12.1 Å². The summed E-state index contributed by atoms with van der Waals surface area (Å²) in [7, 11) is 1.57. The third-order valence-electron chi connectivity index (χ3n) is 4.23. The van der Waals surface area contributed by atoms with Gasteiger partial charge < -0.3 is 14.4 Å². The standard InChI is InChI=1S/C20H22FNO3/c1-3-25-19-12-15(6-11-18(19)24-2)20(23)22(17-9-10-17)13-14-4-7-16(21)8-5-14/h4-8,11-12,17H,3,9-10,13H2,1-2H3. The molecule has 1 amide bonds. The number of nitrogens with zero attached hydrogens (tertiary/aromatic N) is 1. The van der Waals surface area contributed by atoms with E-state index in [0.29, 0.717) is 30.2 Å². The van der Waals surface area contributed by atoms with Crippen LogP contribution in [0.5, 0.6) is 11.5 Å². The number of ether oxygens (including phenoxy) is 2. The summed E-state index contributed by atoms with van der Waals surface area (Å²) < 4.78 is 23.9. The zero-order valence-corrected chi connectivity index (χ0v) is 14.5. The molecule has 3 rings (SSSR count). The third-order valence-corrected chi connectivity index (χ3v) is 4.23. The van der Waals surface area contributed by atoms with Gasteiger partial charge in [0.05, 0.1) is 13.7 Å². The van der Waals surface area contributed by atoms with Gasteiger partial charge in [-0.25, -0.2) is 4.39 Å². The molecule has 4 nitrogen and oxygen atoms in total. The predicted molar refractivity (Wildman–Crippen MR) is 93.5 cm³/mol. The lowest BCUT2D eigenvalue weighted by atomic mass is 10.1. The van der Waals surface area contributed by atoms with Gasteiger partial charge in [0.1, 0.15) is 5.82 Å². The molecule has 0 N–H and O–H groups in total. The highest BCUT2D eigenvalue weighted by molar-refractivity contribution is 5.95. The number of methoxy groups -OCH3 is 1. The fourth-order valence-corrected chi connectivity index (χ4v) is 2.78. The number of hydrogen-bond donors (Lipinski definition) is 0. The fraction of sp³-hybridized carbons (Fsp3) is 0.350. The molecule has 0 aliphatic heterocycles. The lowest BCUT2D eigenvalue weighted by molar-refractivity contribution is 0.0729. The molecule has 5 heteroatoms. The molecule has 0 heterocycles. The molecule has 132 valence electrons. The van der Waals surface area contributed by atoms with Crippen molar-refractivity contribution < 1.29 is 18.7 Å². The van der Waals surface area contributed by atoms with Gasteiger partial charge in [-0.3, -0.25) is 4.79 Å². The van der Waals surface area contributed by atoms with Crippen LogP contribution in [0.15, 0.2) is 42.5 Å². The fourth-order valence-electron chi connectivity index (χ4n) is 2.78. The van der Waals surface area contributed by atoms with Crippen molar-refractivity contribution in [3.63, 3.8) is 0 Å². The van der Waals surface area contributed by atoms with Crippen LogP contribution < -0.4 is 9.47 Å². The Hall–Kier alpha value is -2.56. The van der Waals surface area contributed by atoms with Crippen LogP contribution in [0.4, 0.5) is 4.39 Å². The van der Waals surface area contributed by atoms with Crippen LogP contribution in [0.3, 0.4) is 0 Å². The molecule has 1 aliphatic rings. The number of rotatable bonds is 7. The maximum Gasteiger partial charge on any atom is 0.254 e. The smallest absolute Gasteiger partial charge is 0.254 e. The molecule has 1 aliphatic carbocycles. The van der Waals surface area contributed by atoms with Crippen molar-refractivity contribution in [3.05, 3.63) is 59.4 Å². The van der Waals surface area contributed by atoms with E-state index in [4.69, 9.17) is 9.47 Å². The second-order valence-electron chi connectivity index (χ2n) is 6.09. The van der Waals surface area contributed by atoms with E-state index in [0.717, 1.165) is 18.4 Å². The molecule has 0 unspecified atom stereocenters. The lowest BCUT2D eigenvalue weighted by Gasteiger charge is -2.23. The van der Waals surface area contributed by atoms with Crippen LogP contribution in [0.2, 0.25) is 0 Å². The number of carbonyl (C=O) groups excluding carboxylic acids is 1. The number of hydrogen-bond acceptors (Lipinski definition) is 3. The summed E-state index contributed by atoms with van der Waals surface area (Å²) in [5.74, 6) is 0.850. The maximum atomic E-state index is 13.1. The van der Waals surface area contributed by atoms with Gasteiger partial charge in [0, 0.05) is 18.2 Å². The summed E-state index contributed by atoms with van der Waals surface area (Å²) in [6.45, 7) is 2.86. The normalized spacial score (nSPS) is 13.4. The molecular formula is C20H22FNO3. The summed E-state index contributed by atoms with van der Waals surface area (Å²) in [5, 5.41) is 0. The van der Waals surface area contributed by atoms with Gasteiger partial charge in [-0.1, -0.05) is 12.1 Å². The Morgan fingerprint density at radius 1 is 1.16 bits per heavy atom.